The fourth-order valence-corrected chi connectivity index (χ4v) is 3.57. The number of ether oxygens (including phenoxy) is 1. The molecule has 1 aliphatic carbocycles. The van der Waals surface area contributed by atoms with E-state index in [4.69, 9.17) is 4.74 Å². The molecule has 2 unspecified atom stereocenters. The molecule has 0 saturated carbocycles. The van der Waals surface area contributed by atoms with Gasteiger partial charge in [-0.15, -0.1) is 0 Å². The second kappa shape index (κ2) is 5.86. The maximum Gasteiger partial charge on any atom is 0.303 e. The predicted molar refractivity (Wildman–Crippen MR) is 93.6 cm³/mol. The molecule has 1 aliphatic rings. The first-order valence-corrected chi connectivity index (χ1v) is 8.30. The highest BCUT2D eigenvalue weighted by Gasteiger charge is 2.39. The molecule has 0 aromatic heterocycles. The molecule has 2 heteroatoms. The number of hydrogen-bond acceptors (Lipinski definition) is 2. The lowest BCUT2D eigenvalue weighted by Crippen LogP contribution is -2.37. The second-order valence-electron chi connectivity index (χ2n) is 9.26. The van der Waals surface area contributed by atoms with Gasteiger partial charge in [-0.25, -0.2) is 0 Å². The van der Waals surface area contributed by atoms with Crippen LogP contribution in [0.5, 0.6) is 0 Å². The topological polar surface area (TPSA) is 26.3 Å². The van der Waals surface area contributed by atoms with Crippen molar-refractivity contribution in [3.8, 4) is 0 Å². The largest absolute Gasteiger partial charge is 0.455 e. The number of carbonyl (C=O) groups excluding carboxylic acids is 1. The van der Waals surface area contributed by atoms with E-state index in [0.29, 0.717) is 11.8 Å². The molecule has 0 aromatic carbocycles. The quantitative estimate of drug-likeness (QED) is 0.626. The van der Waals surface area contributed by atoms with Crippen molar-refractivity contribution in [3.63, 3.8) is 0 Å². The van der Waals surface area contributed by atoms with Crippen LogP contribution in [0.1, 0.15) is 69.2 Å². The molecule has 2 nitrogen and oxygen atoms in total. The van der Waals surface area contributed by atoms with E-state index in [1.54, 1.807) is 0 Å². The minimum absolute atomic E-state index is 0.106. The van der Waals surface area contributed by atoms with Gasteiger partial charge in [0.2, 0.25) is 0 Å². The van der Waals surface area contributed by atoms with Gasteiger partial charge in [0.15, 0.2) is 0 Å². The van der Waals surface area contributed by atoms with Gasteiger partial charge in [-0.1, -0.05) is 66.2 Å². The number of allylic oxidation sites excluding steroid dienone is 2. The number of rotatable bonds is 2. The number of carbonyl (C=O) groups is 1. The Bertz CT molecular complexity index is 493. The fourth-order valence-electron chi connectivity index (χ4n) is 3.57. The molecule has 0 amide bonds. The van der Waals surface area contributed by atoms with Crippen LogP contribution in [0.3, 0.4) is 0 Å². The third kappa shape index (κ3) is 4.24. The summed E-state index contributed by atoms with van der Waals surface area (Å²) in [6.45, 7) is 21.4. The van der Waals surface area contributed by atoms with Crippen molar-refractivity contribution < 1.29 is 9.53 Å². The van der Waals surface area contributed by atoms with Crippen LogP contribution in [0, 0.1) is 22.7 Å². The molecule has 0 aromatic rings. The molecular formula is C20H34O2. The van der Waals surface area contributed by atoms with E-state index in [-0.39, 0.29) is 16.8 Å². The first-order chi connectivity index (χ1) is 9.66. The highest BCUT2D eigenvalue weighted by Crippen LogP contribution is 2.47. The van der Waals surface area contributed by atoms with Gasteiger partial charge in [0, 0.05) is 6.92 Å². The Labute approximate surface area is 137 Å². The van der Waals surface area contributed by atoms with Gasteiger partial charge in [-0.3, -0.25) is 4.79 Å². The zero-order valence-corrected chi connectivity index (χ0v) is 16.1. The van der Waals surface area contributed by atoms with Crippen LogP contribution in [0.2, 0.25) is 0 Å². The summed E-state index contributed by atoms with van der Waals surface area (Å²) in [5.41, 5.74) is 2.23. The Morgan fingerprint density at radius 1 is 1.05 bits per heavy atom. The maximum absolute atomic E-state index is 11.5. The van der Waals surface area contributed by atoms with E-state index >= 15 is 0 Å². The first-order valence-electron chi connectivity index (χ1n) is 8.30. The van der Waals surface area contributed by atoms with Crippen molar-refractivity contribution >= 4 is 5.97 Å². The van der Waals surface area contributed by atoms with Crippen molar-refractivity contribution in [2.24, 2.45) is 22.7 Å². The molecule has 0 N–H and O–H groups in total. The Kier molecular flexibility index (Phi) is 5.06. The molecule has 0 heterocycles. The highest BCUT2D eigenvalue weighted by atomic mass is 16.6. The summed E-state index contributed by atoms with van der Waals surface area (Å²) < 4.78 is 5.58. The third-order valence-electron chi connectivity index (χ3n) is 4.66. The van der Waals surface area contributed by atoms with Crippen LogP contribution in [0.25, 0.3) is 0 Å². The molecule has 126 valence electrons. The molecule has 0 radical (unpaired) electrons. The average Bonchev–Trinajstić information content (AvgIpc) is 2.23. The number of hydrogen-bond donors (Lipinski definition) is 0. The van der Waals surface area contributed by atoms with E-state index in [1.165, 1.54) is 12.5 Å². The smallest absolute Gasteiger partial charge is 0.303 e. The lowest BCUT2D eigenvalue weighted by molar-refractivity contribution is -0.150. The maximum atomic E-state index is 11.5. The van der Waals surface area contributed by atoms with Crippen LogP contribution < -0.4 is 0 Å². The van der Waals surface area contributed by atoms with Crippen LogP contribution in [0.15, 0.2) is 23.3 Å². The summed E-state index contributed by atoms with van der Waals surface area (Å²) in [6.07, 6.45) is 4.58. The zero-order valence-electron chi connectivity index (χ0n) is 16.1. The molecule has 2 atom stereocenters. The summed E-state index contributed by atoms with van der Waals surface area (Å²) in [5.74, 6) is 0.677. The Balaban J connectivity index is 3.40. The Morgan fingerprint density at radius 2 is 1.55 bits per heavy atom. The standard InChI is InChI=1S/C20H34O2/c1-13-16(18(3,4)5)11-15(12-17(13)19(6,7)8)20(9,10)22-14(2)21/h11-13,16H,1-10H3. The van der Waals surface area contributed by atoms with Gasteiger partial charge < -0.3 is 4.74 Å². The van der Waals surface area contributed by atoms with E-state index in [1.807, 2.05) is 13.8 Å². The van der Waals surface area contributed by atoms with Gasteiger partial charge in [-0.05, 0) is 42.1 Å². The lowest BCUT2D eigenvalue weighted by atomic mass is 9.62. The van der Waals surface area contributed by atoms with Crippen LogP contribution >= 0.6 is 0 Å². The lowest BCUT2D eigenvalue weighted by Gasteiger charge is -2.43. The minimum atomic E-state index is -0.591. The molecule has 0 spiro atoms. The Morgan fingerprint density at radius 3 is 1.91 bits per heavy atom. The van der Waals surface area contributed by atoms with Crippen molar-refractivity contribution in [2.75, 3.05) is 0 Å². The van der Waals surface area contributed by atoms with Crippen molar-refractivity contribution in [2.45, 2.75) is 74.8 Å². The molecule has 22 heavy (non-hydrogen) atoms. The van der Waals surface area contributed by atoms with Crippen molar-refractivity contribution in [1.82, 2.24) is 0 Å². The molecule has 0 saturated heterocycles. The first kappa shape index (κ1) is 19.0. The summed E-state index contributed by atoms with van der Waals surface area (Å²) >= 11 is 0. The van der Waals surface area contributed by atoms with Crippen LogP contribution in [0.4, 0.5) is 0 Å². The van der Waals surface area contributed by atoms with Crippen LogP contribution in [-0.4, -0.2) is 11.6 Å². The normalized spacial score (nSPS) is 23.7. The van der Waals surface area contributed by atoms with Crippen LogP contribution in [-0.2, 0) is 9.53 Å². The summed E-state index contributed by atoms with van der Waals surface area (Å²) in [4.78, 5) is 11.5. The third-order valence-corrected chi connectivity index (χ3v) is 4.66. The summed E-state index contributed by atoms with van der Waals surface area (Å²) in [7, 11) is 0. The molecule has 0 bridgehead atoms. The monoisotopic (exact) mass is 306 g/mol. The van der Waals surface area contributed by atoms with Crippen molar-refractivity contribution in [1.29, 1.82) is 0 Å². The van der Waals surface area contributed by atoms with E-state index in [0.717, 1.165) is 5.57 Å². The Hall–Kier alpha value is -1.05. The summed E-state index contributed by atoms with van der Waals surface area (Å²) in [5, 5.41) is 0. The number of esters is 1. The fraction of sp³-hybridized carbons (Fsp3) is 0.750. The summed E-state index contributed by atoms with van der Waals surface area (Å²) in [6, 6.07) is 0. The predicted octanol–water partition coefficient (Wildman–Crippen LogP) is 5.54. The zero-order chi connectivity index (χ0) is 17.5. The molecule has 0 aliphatic heterocycles. The molecule has 1 rings (SSSR count). The molecule has 0 fully saturated rings. The van der Waals surface area contributed by atoms with Gasteiger partial charge >= 0.3 is 5.97 Å². The SMILES string of the molecule is CC(=O)OC(C)(C)C1=CC(C(C)(C)C)C(C)C(C(C)(C)C)=C1. The highest BCUT2D eigenvalue weighted by molar-refractivity contribution is 5.67. The van der Waals surface area contributed by atoms with Gasteiger partial charge in [0.05, 0.1) is 0 Å². The van der Waals surface area contributed by atoms with E-state index in [2.05, 4.69) is 60.6 Å². The minimum Gasteiger partial charge on any atom is -0.455 e. The molecular weight excluding hydrogens is 272 g/mol. The van der Waals surface area contributed by atoms with Crippen molar-refractivity contribution in [3.05, 3.63) is 23.3 Å². The second-order valence-corrected chi connectivity index (χ2v) is 9.26. The van der Waals surface area contributed by atoms with E-state index < -0.39 is 5.60 Å². The van der Waals surface area contributed by atoms with E-state index in [9.17, 15) is 4.79 Å². The van der Waals surface area contributed by atoms with Gasteiger partial charge in [-0.2, -0.15) is 0 Å². The van der Waals surface area contributed by atoms with Gasteiger partial charge in [0.25, 0.3) is 0 Å². The average molecular weight is 306 g/mol. The van der Waals surface area contributed by atoms with Gasteiger partial charge in [0.1, 0.15) is 5.60 Å².